The van der Waals surface area contributed by atoms with E-state index in [1.54, 1.807) is 5.56 Å². The Kier molecular flexibility index (Phi) is 14.6. The van der Waals surface area contributed by atoms with Crippen LogP contribution < -0.4 is 0 Å². The predicted molar refractivity (Wildman–Crippen MR) is 180 cm³/mol. The fraction of sp³-hybridized carbons (Fsp3) is 0.487. The average molecular weight is 551 g/mol. The van der Waals surface area contributed by atoms with E-state index in [0.29, 0.717) is 0 Å². The van der Waals surface area contributed by atoms with Crippen molar-refractivity contribution in [2.24, 2.45) is 10.2 Å². The Morgan fingerprint density at radius 3 is 1.98 bits per heavy atom. The van der Waals surface area contributed by atoms with Gasteiger partial charge in [-0.2, -0.15) is 10.2 Å². The third-order valence-electron chi connectivity index (χ3n) is 8.18. The van der Waals surface area contributed by atoms with Crippen molar-refractivity contribution in [2.75, 3.05) is 0 Å². The molecule has 0 N–H and O–H groups in total. The van der Waals surface area contributed by atoms with E-state index < -0.39 is 0 Å². The molecule has 0 amide bonds. The van der Waals surface area contributed by atoms with Gasteiger partial charge in [0.1, 0.15) is 0 Å². The van der Waals surface area contributed by atoms with E-state index in [2.05, 4.69) is 106 Å². The molecule has 220 valence electrons. The Bertz CT molecular complexity index is 1240. The molecule has 0 atom stereocenters. The topological polar surface area (TPSA) is 24.7 Å². The molecule has 0 fully saturated rings. The summed E-state index contributed by atoms with van der Waals surface area (Å²) in [5, 5.41) is 9.44. The van der Waals surface area contributed by atoms with Crippen LogP contribution in [0.3, 0.4) is 0 Å². The molecule has 3 aromatic carbocycles. The second-order valence-corrected chi connectivity index (χ2v) is 11.5. The largest absolute Gasteiger partial charge is 0.155 e. The molecule has 2 nitrogen and oxygen atoms in total. The van der Waals surface area contributed by atoms with E-state index in [0.717, 1.165) is 36.2 Å². The molecule has 0 unspecified atom stereocenters. The summed E-state index contributed by atoms with van der Waals surface area (Å²) in [6.45, 7) is 11.1. The quantitative estimate of drug-likeness (QED) is 0.111. The second-order valence-electron chi connectivity index (χ2n) is 11.5. The third kappa shape index (κ3) is 10.7. The van der Waals surface area contributed by atoms with Gasteiger partial charge in [-0.15, -0.1) is 0 Å². The minimum Gasteiger partial charge on any atom is -0.155 e. The van der Waals surface area contributed by atoms with Gasteiger partial charge in [-0.05, 0) is 109 Å². The van der Waals surface area contributed by atoms with E-state index in [-0.39, 0.29) is 0 Å². The van der Waals surface area contributed by atoms with Crippen LogP contribution in [-0.2, 0) is 25.7 Å². The first-order valence-corrected chi connectivity index (χ1v) is 16.5. The zero-order valence-electron chi connectivity index (χ0n) is 26.6. The number of allylic oxidation sites excluding steroid dienone is 1. The molecular formula is C39H54N2. The van der Waals surface area contributed by atoms with Crippen molar-refractivity contribution in [1.29, 1.82) is 0 Å². The molecule has 0 heterocycles. The van der Waals surface area contributed by atoms with Crippen LogP contribution in [0.15, 0.2) is 76.6 Å². The van der Waals surface area contributed by atoms with Crippen molar-refractivity contribution in [3.63, 3.8) is 0 Å². The standard InChI is InChI=1S/C39H54N2/c1-6-10-12-14-15-20-24-38-34(9-4)29-37(30-36(38)23-17-13-11-7-2)41-40-31(5)27-32-25-26-33(8-3)39(28-32)35-21-18-16-19-22-35/h16,18-19,21-22,25-30H,6-15,17,20,23-24H2,1-5H3. The summed E-state index contributed by atoms with van der Waals surface area (Å²) >= 11 is 0. The maximum Gasteiger partial charge on any atom is 0.0862 e. The lowest BCUT2D eigenvalue weighted by Crippen LogP contribution is -2.01. The zero-order chi connectivity index (χ0) is 29.3. The predicted octanol–water partition coefficient (Wildman–Crippen LogP) is 12.6. The summed E-state index contributed by atoms with van der Waals surface area (Å²) in [5.74, 6) is 0. The van der Waals surface area contributed by atoms with Crippen LogP contribution in [-0.4, -0.2) is 0 Å². The summed E-state index contributed by atoms with van der Waals surface area (Å²) in [6, 6.07) is 22.0. The van der Waals surface area contributed by atoms with Gasteiger partial charge >= 0.3 is 0 Å². The van der Waals surface area contributed by atoms with E-state index in [1.807, 2.05) is 0 Å². The first kappa shape index (κ1) is 32.5. The highest BCUT2D eigenvalue weighted by molar-refractivity contribution is 5.71. The first-order valence-electron chi connectivity index (χ1n) is 16.5. The Morgan fingerprint density at radius 1 is 0.634 bits per heavy atom. The molecule has 0 radical (unpaired) electrons. The number of benzene rings is 3. The molecule has 0 aromatic heterocycles. The molecule has 3 rings (SSSR count). The Morgan fingerprint density at radius 2 is 1.27 bits per heavy atom. The van der Waals surface area contributed by atoms with Gasteiger partial charge in [-0.3, -0.25) is 0 Å². The van der Waals surface area contributed by atoms with Gasteiger partial charge in [-0.25, -0.2) is 0 Å². The van der Waals surface area contributed by atoms with Crippen LogP contribution >= 0.6 is 0 Å². The van der Waals surface area contributed by atoms with Gasteiger partial charge in [0.15, 0.2) is 0 Å². The van der Waals surface area contributed by atoms with Crippen molar-refractivity contribution in [1.82, 2.24) is 0 Å². The number of rotatable bonds is 18. The Labute approximate surface area is 251 Å². The van der Waals surface area contributed by atoms with E-state index in [4.69, 9.17) is 5.11 Å². The molecule has 41 heavy (non-hydrogen) atoms. The summed E-state index contributed by atoms with van der Waals surface area (Å²) in [4.78, 5) is 0. The fourth-order valence-corrected chi connectivity index (χ4v) is 5.81. The highest BCUT2D eigenvalue weighted by atomic mass is 15.1. The van der Waals surface area contributed by atoms with Crippen molar-refractivity contribution in [3.05, 3.63) is 94.2 Å². The van der Waals surface area contributed by atoms with Gasteiger partial charge in [0.05, 0.1) is 11.4 Å². The van der Waals surface area contributed by atoms with Crippen molar-refractivity contribution < 1.29 is 0 Å². The normalized spacial score (nSPS) is 12.0. The monoisotopic (exact) mass is 550 g/mol. The zero-order valence-corrected chi connectivity index (χ0v) is 26.6. The van der Waals surface area contributed by atoms with E-state index in [1.165, 1.54) is 98.4 Å². The maximum atomic E-state index is 4.76. The lowest BCUT2D eigenvalue weighted by Gasteiger charge is -2.16. The number of hydrogen-bond acceptors (Lipinski definition) is 2. The summed E-state index contributed by atoms with van der Waals surface area (Å²) < 4.78 is 0. The van der Waals surface area contributed by atoms with Crippen molar-refractivity contribution in [2.45, 2.75) is 125 Å². The van der Waals surface area contributed by atoms with Gasteiger partial charge in [0.2, 0.25) is 0 Å². The molecule has 0 aliphatic rings. The highest BCUT2D eigenvalue weighted by Gasteiger charge is 2.11. The van der Waals surface area contributed by atoms with Crippen LogP contribution in [0.4, 0.5) is 5.69 Å². The van der Waals surface area contributed by atoms with Crippen LogP contribution in [0, 0.1) is 0 Å². The molecular weight excluding hydrogens is 496 g/mol. The highest BCUT2D eigenvalue weighted by Crippen LogP contribution is 2.29. The first-order chi connectivity index (χ1) is 20.1. The molecule has 0 bridgehead atoms. The van der Waals surface area contributed by atoms with Gasteiger partial charge in [0.25, 0.3) is 0 Å². The SMILES string of the molecule is CCCCCCCCc1c(CC)cc(N=NC(C)=Cc2ccc(CC)c(-c3ccccc3)c2)cc1CCCCCC. The van der Waals surface area contributed by atoms with Crippen LogP contribution in [0.25, 0.3) is 17.2 Å². The number of hydrogen-bond donors (Lipinski definition) is 0. The van der Waals surface area contributed by atoms with Crippen LogP contribution in [0.2, 0.25) is 0 Å². The van der Waals surface area contributed by atoms with E-state index >= 15 is 0 Å². The molecule has 3 aromatic rings. The molecule has 0 spiro atoms. The van der Waals surface area contributed by atoms with Gasteiger partial charge in [-0.1, -0.05) is 122 Å². The fourth-order valence-electron chi connectivity index (χ4n) is 5.81. The Balaban J connectivity index is 1.81. The molecule has 0 saturated heterocycles. The molecule has 0 aliphatic carbocycles. The second kappa shape index (κ2) is 18.4. The summed E-state index contributed by atoms with van der Waals surface area (Å²) in [7, 11) is 0. The minimum absolute atomic E-state index is 0.923. The van der Waals surface area contributed by atoms with Gasteiger partial charge < -0.3 is 0 Å². The number of unbranched alkanes of at least 4 members (excludes halogenated alkanes) is 8. The lowest BCUT2D eigenvalue weighted by molar-refractivity contribution is 0.604. The Hall–Kier alpha value is -3.00. The van der Waals surface area contributed by atoms with Crippen molar-refractivity contribution in [3.8, 4) is 11.1 Å². The lowest BCUT2D eigenvalue weighted by atomic mass is 9.91. The average Bonchev–Trinajstić information content (AvgIpc) is 3.00. The molecule has 2 heteroatoms. The maximum absolute atomic E-state index is 4.76. The minimum atomic E-state index is 0.923. The van der Waals surface area contributed by atoms with Gasteiger partial charge in [0, 0.05) is 0 Å². The van der Waals surface area contributed by atoms with Crippen molar-refractivity contribution >= 4 is 11.8 Å². The van der Waals surface area contributed by atoms with Crippen LogP contribution in [0.5, 0.6) is 0 Å². The summed E-state index contributed by atoms with van der Waals surface area (Å²) in [5.41, 5.74) is 11.6. The third-order valence-corrected chi connectivity index (χ3v) is 8.18. The number of nitrogens with zero attached hydrogens (tertiary/aromatic N) is 2. The molecule has 0 aliphatic heterocycles. The number of aryl methyl sites for hydroxylation is 3. The molecule has 0 saturated carbocycles. The summed E-state index contributed by atoms with van der Waals surface area (Å²) in [6.07, 6.45) is 19.8. The van der Waals surface area contributed by atoms with Crippen LogP contribution in [0.1, 0.15) is 127 Å². The number of azo groups is 1. The smallest absolute Gasteiger partial charge is 0.0862 e. The van der Waals surface area contributed by atoms with E-state index in [9.17, 15) is 0 Å².